The first kappa shape index (κ1) is 29.9. The molecule has 2 aliphatic heterocycles. The molecule has 7 rings (SSSR count). The maximum Gasteiger partial charge on any atom is 0.231 e. The molecule has 5 aromatic rings. The second-order valence-corrected chi connectivity index (χ2v) is 13.6. The van der Waals surface area contributed by atoms with Crippen molar-refractivity contribution in [3.05, 3.63) is 60.2 Å². The van der Waals surface area contributed by atoms with E-state index in [0.717, 1.165) is 87.2 Å². The van der Waals surface area contributed by atoms with Crippen LogP contribution in [0.1, 0.15) is 17.5 Å². The van der Waals surface area contributed by atoms with Crippen LogP contribution >= 0.6 is 7.92 Å². The summed E-state index contributed by atoms with van der Waals surface area (Å²) in [4.78, 5) is 29.0. The molecule has 12 nitrogen and oxygen atoms in total. The molecule has 1 saturated heterocycles. The molecule has 5 heterocycles. The number of aromatic nitrogens is 5. The fraction of sp³-hybridized carbons (Fsp3) is 0.303. The molecule has 1 fully saturated rings. The lowest BCUT2D eigenvalue weighted by molar-refractivity contribution is 0.122. The second-order valence-electron chi connectivity index (χ2n) is 11.4. The molecular weight excluding hydrogens is 599 g/mol. The number of benzene rings is 2. The molecule has 0 amide bonds. The number of ether oxygens (including phenoxy) is 2. The Morgan fingerprint density at radius 2 is 1.91 bits per heavy atom. The first-order valence-corrected chi connectivity index (χ1v) is 17.6. The minimum Gasteiger partial charge on any atom is -0.491 e. The van der Waals surface area contributed by atoms with Gasteiger partial charge in [0.15, 0.2) is 0 Å². The number of anilines is 5. The maximum atomic E-state index is 6.37. The SMILES string of the molecule is CN=CC(=CN)c1cc(Nc2nc(Nc3ccc4nccnc4c3P(C)C)c3cc[nH]c3n2)c2c(c1N1CCOCC1)CCCO2. The van der Waals surface area contributed by atoms with E-state index in [9.17, 15) is 0 Å². The number of aliphatic imine (C=N–C) groups is 1. The van der Waals surface area contributed by atoms with Gasteiger partial charge in [0.25, 0.3) is 0 Å². The minimum absolute atomic E-state index is 0.429. The quantitative estimate of drug-likeness (QED) is 0.137. The Morgan fingerprint density at radius 1 is 1.07 bits per heavy atom. The Kier molecular flexibility index (Phi) is 8.38. The van der Waals surface area contributed by atoms with E-state index < -0.39 is 7.92 Å². The monoisotopic (exact) mass is 636 g/mol. The number of nitrogens with two attached hydrogens (primary N) is 1. The topological polar surface area (TPSA) is 151 Å². The Bertz CT molecular complexity index is 1970. The van der Waals surface area contributed by atoms with Crippen molar-refractivity contribution >= 4 is 75.9 Å². The molecule has 0 unspecified atom stereocenters. The van der Waals surface area contributed by atoms with E-state index in [1.807, 2.05) is 18.3 Å². The van der Waals surface area contributed by atoms with Crippen LogP contribution in [-0.2, 0) is 11.2 Å². The van der Waals surface area contributed by atoms with Crippen molar-refractivity contribution in [1.82, 2.24) is 24.9 Å². The highest BCUT2D eigenvalue weighted by atomic mass is 31.1. The molecule has 0 aliphatic carbocycles. The lowest BCUT2D eigenvalue weighted by atomic mass is 9.93. The molecule has 5 N–H and O–H groups in total. The van der Waals surface area contributed by atoms with Crippen molar-refractivity contribution in [3.63, 3.8) is 0 Å². The summed E-state index contributed by atoms with van der Waals surface area (Å²) in [5, 5.41) is 9.15. The van der Waals surface area contributed by atoms with E-state index in [0.29, 0.717) is 37.2 Å². The third kappa shape index (κ3) is 5.59. The van der Waals surface area contributed by atoms with Crippen LogP contribution in [0, 0.1) is 0 Å². The molecule has 236 valence electrons. The smallest absolute Gasteiger partial charge is 0.231 e. The van der Waals surface area contributed by atoms with E-state index in [2.05, 4.69) is 60.9 Å². The summed E-state index contributed by atoms with van der Waals surface area (Å²) in [5.74, 6) is 1.92. The van der Waals surface area contributed by atoms with Gasteiger partial charge in [-0.3, -0.25) is 15.0 Å². The zero-order valence-electron chi connectivity index (χ0n) is 26.2. The number of hydrogen-bond donors (Lipinski definition) is 4. The average molecular weight is 637 g/mol. The van der Waals surface area contributed by atoms with Crippen molar-refractivity contribution in [1.29, 1.82) is 0 Å². The number of allylic oxidation sites excluding steroid dienone is 1. The van der Waals surface area contributed by atoms with Crippen molar-refractivity contribution < 1.29 is 9.47 Å². The fourth-order valence-electron chi connectivity index (χ4n) is 6.25. The van der Waals surface area contributed by atoms with Crippen molar-refractivity contribution in [3.8, 4) is 5.75 Å². The summed E-state index contributed by atoms with van der Waals surface area (Å²) in [7, 11) is 1.24. The van der Waals surface area contributed by atoms with Crippen LogP contribution in [0.2, 0.25) is 0 Å². The number of nitrogens with zero attached hydrogens (tertiary/aromatic N) is 6. The van der Waals surface area contributed by atoms with Gasteiger partial charge in [-0.15, -0.1) is 0 Å². The number of fused-ring (bicyclic) bond motifs is 3. The van der Waals surface area contributed by atoms with Crippen LogP contribution in [-0.4, -0.2) is 84.4 Å². The first-order valence-electron chi connectivity index (χ1n) is 15.4. The van der Waals surface area contributed by atoms with Gasteiger partial charge in [0.05, 0.1) is 47.6 Å². The van der Waals surface area contributed by atoms with E-state index in [1.165, 1.54) is 0 Å². The van der Waals surface area contributed by atoms with Crippen molar-refractivity contribution in [2.45, 2.75) is 12.8 Å². The van der Waals surface area contributed by atoms with Crippen molar-refractivity contribution in [2.75, 3.05) is 68.8 Å². The van der Waals surface area contributed by atoms with E-state index >= 15 is 0 Å². The second kappa shape index (κ2) is 12.9. The molecule has 13 heteroatoms. The van der Waals surface area contributed by atoms with E-state index in [1.54, 1.807) is 31.9 Å². The van der Waals surface area contributed by atoms with Gasteiger partial charge in [0.1, 0.15) is 17.2 Å². The van der Waals surface area contributed by atoms with Crippen LogP contribution in [0.15, 0.2) is 54.0 Å². The lowest BCUT2D eigenvalue weighted by Gasteiger charge is -2.35. The summed E-state index contributed by atoms with van der Waals surface area (Å²) in [6.07, 6.45) is 10.5. The number of rotatable bonds is 8. The molecule has 0 atom stereocenters. The molecule has 46 heavy (non-hydrogen) atoms. The molecule has 0 radical (unpaired) electrons. The predicted octanol–water partition coefficient (Wildman–Crippen LogP) is 4.92. The predicted molar refractivity (Wildman–Crippen MR) is 188 cm³/mol. The van der Waals surface area contributed by atoms with Gasteiger partial charge in [-0.05, 0) is 50.4 Å². The van der Waals surface area contributed by atoms with Gasteiger partial charge in [0.2, 0.25) is 5.95 Å². The summed E-state index contributed by atoms with van der Waals surface area (Å²) < 4.78 is 12.1. The largest absolute Gasteiger partial charge is 0.491 e. The highest BCUT2D eigenvalue weighted by Gasteiger charge is 2.28. The van der Waals surface area contributed by atoms with Crippen molar-refractivity contribution in [2.24, 2.45) is 10.7 Å². The lowest BCUT2D eigenvalue weighted by Crippen LogP contribution is -2.38. The normalized spacial score (nSPS) is 15.5. The third-order valence-electron chi connectivity index (χ3n) is 8.23. The van der Waals surface area contributed by atoms with Crippen LogP contribution in [0.4, 0.5) is 28.8 Å². The molecule has 3 aromatic heterocycles. The number of morpholine rings is 1. The van der Waals surface area contributed by atoms with Gasteiger partial charge in [-0.25, -0.2) is 0 Å². The summed E-state index contributed by atoms with van der Waals surface area (Å²) >= 11 is 0. The van der Waals surface area contributed by atoms with Crippen LogP contribution in [0.3, 0.4) is 0 Å². The molecule has 0 spiro atoms. The Hall–Kier alpha value is -4.80. The van der Waals surface area contributed by atoms with Gasteiger partial charge < -0.3 is 35.7 Å². The number of hydrogen-bond acceptors (Lipinski definition) is 11. The number of nitrogens with one attached hydrogen (secondary N) is 3. The van der Waals surface area contributed by atoms with Gasteiger partial charge in [0, 0.05) is 78.8 Å². The first-order chi connectivity index (χ1) is 22.6. The van der Waals surface area contributed by atoms with Gasteiger partial charge in [-0.1, -0.05) is 7.92 Å². The summed E-state index contributed by atoms with van der Waals surface area (Å²) in [5.41, 5.74) is 14.4. The molecule has 2 aromatic carbocycles. The summed E-state index contributed by atoms with van der Waals surface area (Å²) in [6.45, 7) is 7.98. The Labute approximate surface area is 268 Å². The fourth-order valence-corrected chi connectivity index (χ4v) is 7.46. The average Bonchev–Trinajstić information content (AvgIpc) is 3.56. The van der Waals surface area contributed by atoms with Crippen LogP contribution < -0.4 is 31.3 Å². The van der Waals surface area contributed by atoms with Gasteiger partial charge >= 0.3 is 0 Å². The summed E-state index contributed by atoms with van der Waals surface area (Å²) in [6, 6.07) is 8.10. The third-order valence-corrected chi connectivity index (χ3v) is 9.58. The number of H-pyrrole nitrogens is 1. The zero-order chi connectivity index (χ0) is 31.6. The van der Waals surface area contributed by atoms with Crippen LogP contribution in [0.5, 0.6) is 5.75 Å². The maximum absolute atomic E-state index is 6.37. The molecule has 0 bridgehead atoms. The van der Waals surface area contributed by atoms with Crippen LogP contribution in [0.25, 0.3) is 27.6 Å². The van der Waals surface area contributed by atoms with Gasteiger partial charge in [-0.2, -0.15) is 9.97 Å². The molecular formula is C33H37N10O2P. The molecule has 2 aliphatic rings. The highest BCUT2D eigenvalue weighted by molar-refractivity contribution is 7.65. The van der Waals surface area contributed by atoms with E-state index in [-0.39, 0.29) is 0 Å². The zero-order valence-corrected chi connectivity index (χ0v) is 27.1. The van der Waals surface area contributed by atoms with E-state index in [4.69, 9.17) is 25.2 Å². The highest BCUT2D eigenvalue weighted by Crippen LogP contribution is 2.45. The Balaban J connectivity index is 1.34. The standard InChI is InChI=1S/C33H37N10O2P/c1-35-19-20(18-34)23-17-26(29-21(5-4-14-45-29)28(23)43-12-15-44-16-13-43)40-33-41-31-22(8-9-38-31)32(42-33)39-25-7-6-24-27(30(25)46(2)3)37-11-10-36-24/h6-11,17-19H,4-5,12-16,34H2,1-3H3,(H3,38,39,40,41,42). The number of aromatic amines is 1. The Morgan fingerprint density at radius 3 is 2.72 bits per heavy atom. The molecule has 0 saturated carbocycles. The minimum atomic E-state index is -0.508.